The average molecular weight is 280 g/mol. The Bertz CT molecular complexity index is 417. The molecule has 5 nitrogen and oxygen atoms in total. The first kappa shape index (κ1) is 13.9. The standard InChI is InChI=1S/C15H24N2O3/c16-15(5-1-2-6-15)8-11(18)17-13-10-4-3-9(7-10)12(13)14(19)20/h9-10,12-13H,1-8,16H2,(H,17,18)(H,19,20). The highest BCUT2D eigenvalue weighted by molar-refractivity contribution is 5.79. The van der Waals surface area contributed by atoms with Crippen molar-refractivity contribution < 1.29 is 14.7 Å². The van der Waals surface area contributed by atoms with Crippen LogP contribution >= 0.6 is 0 Å². The number of hydrogen-bond acceptors (Lipinski definition) is 3. The first-order valence-electron chi connectivity index (χ1n) is 7.80. The highest BCUT2D eigenvalue weighted by Gasteiger charge is 2.51. The zero-order valence-electron chi connectivity index (χ0n) is 11.8. The van der Waals surface area contributed by atoms with Gasteiger partial charge in [0.1, 0.15) is 0 Å². The highest BCUT2D eigenvalue weighted by Crippen LogP contribution is 2.48. The number of nitrogens with two attached hydrogens (primary N) is 1. The third-order valence-electron chi connectivity index (χ3n) is 5.64. The van der Waals surface area contributed by atoms with Crippen LogP contribution in [0.2, 0.25) is 0 Å². The van der Waals surface area contributed by atoms with E-state index in [0.29, 0.717) is 12.3 Å². The summed E-state index contributed by atoms with van der Waals surface area (Å²) in [5, 5.41) is 12.4. The minimum atomic E-state index is -0.758. The Balaban J connectivity index is 1.62. The van der Waals surface area contributed by atoms with E-state index in [9.17, 15) is 14.7 Å². The van der Waals surface area contributed by atoms with Crippen molar-refractivity contribution in [2.45, 2.75) is 62.9 Å². The Morgan fingerprint density at radius 2 is 1.85 bits per heavy atom. The summed E-state index contributed by atoms with van der Waals surface area (Å²) in [6.07, 6.45) is 7.33. The lowest BCUT2D eigenvalue weighted by molar-refractivity contribution is -0.144. The molecule has 2 bridgehead atoms. The van der Waals surface area contributed by atoms with Crippen LogP contribution in [-0.4, -0.2) is 28.6 Å². The maximum atomic E-state index is 12.2. The molecule has 3 fully saturated rings. The van der Waals surface area contributed by atoms with Crippen LogP contribution in [0.5, 0.6) is 0 Å². The fourth-order valence-electron chi connectivity index (χ4n) is 4.67. The van der Waals surface area contributed by atoms with Crippen molar-refractivity contribution in [3.05, 3.63) is 0 Å². The van der Waals surface area contributed by atoms with Crippen LogP contribution < -0.4 is 11.1 Å². The molecule has 0 heterocycles. The van der Waals surface area contributed by atoms with E-state index in [1.165, 1.54) is 0 Å². The Morgan fingerprint density at radius 1 is 1.20 bits per heavy atom. The Morgan fingerprint density at radius 3 is 2.50 bits per heavy atom. The van der Waals surface area contributed by atoms with Gasteiger partial charge in [-0.1, -0.05) is 12.8 Å². The van der Waals surface area contributed by atoms with Gasteiger partial charge in [0.15, 0.2) is 0 Å². The van der Waals surface area contributed by atoms with Crippen molar-refractivity contribution in [3.63, 3.8) is 0 Å². The van der Waals surface area contributed by atoms with Crippen LogP contribution in [0, 0.1) is 17.8 Å². The lowest BCUT2D eigenvalue weighted by Crippen LogP contribution is -2.50. The predicted molar refractivity (Wildman–Crippen MR) is 73.9 cm³/mol. The Hall–Kier alpha value is -1.10. The molecular weight excluding hydrogens is 256 g/mol. The number of nitrogens with one attached hydrogen (secondary N) is 1. The average Bonchev–Trinajstić information content (AvgIpc) is 3.04. The van der Waals surface area contributed by atoms with Crippen molar-refractivity contribution in [1.29, 1.82) is 0 Å². The largest absolute Gasteiger partial charge is 0.481 e. The summed E-state index contributed by atoms with van der Waals surface area (Å²) >= 11 is 0. The van der Waals surface area contributed by atoms with E-state index in [0.717, 1.165) is 44.9 Å². The fraction of sp³-hybridized carbons (Fsp3) is 0.867. The molecule has 3 aliphatic carbocycles. The van der Waals surface area contributed by atoms with Gasteiger partial charge in [-0.05, 0) is 43.9 Å². The lowest BCUT2D eigenvalue weighted by Gasteiger charge is -2.30. The Kier molecular flexibility index (Phi) is 3.48. The van der Waals surface area contributed by atoms with Gasteiger partial charge in [0.25, 0.3) is 0 Å². The van der Waals surface area contributed by atoms with Crippen molar-refractivity contribution in [2.75, 3.05) is 0 Å². The van der Waals surface area contributed by atoms with E-state index in [1.807, 2.05) is 0 Å². The molecule has 3 rings (SSSR count). The van der Waals surface area contributed by atoms with E-state index in [4.69, 9.17) is 5.73 Å². The minimum absolute atomic E-state index is 0.0572. The summed E-state index contributed by atoms with van der Waals surface area (Å²) < 4.78 is 0. The molecule has 5 heteroatoms. The molecule has 0 aromatic rings. The number of carbonyl (C=O) groups excluding carboxylic acids is 1. The van der Waals surface area contributed by atoms with Gasteiger partial charge in [0.2, 0.25) is 5.91 Å². The monoisotopic (exact) mass is 280 g/mol. The summed E-state index contributed by atoms with van der Waals surface area (Å²) in [5.74, 6) is -0.609. The molecule has 3 saturated carbocycles. The summed E-state index contributed by atoms with van der Waals surface area (Å²) in [5.41, 5.74) is 5.87. The number of fused-ring (bicyclic) bond motifs is 2. The van der Waals surface area contributed by atoms with Gasteiger partial charge in [0, 0.05) is 18.0 Å². The van der Waals surface area contributed by atoms with Crippen LogP contribution in [0.25, 0.3) is 0 Å². The molecule has 4 N–H and O–H groups in total. The second-order valence-corrected chi connectivity index (χ2v) is 7.04. The van der Waals surface area contributed by atoms with Gasteiger partial charge in [0.05, 0.1) is 5.92 Å². The number of carboxylic acid groups (broad SMARTS) is 1. The lowest BCUT2D eigenvalue weighted by atomic mass is 9.84. The first-order chi connectivity index (χ1) is 9.48. The topological polar surface area (TPSA) is 92.4 Å². The van der Waals surface area contributed by atoms with Gasteiger partial charge < -0.3 is 16.2 Å². The van der Waals surface area contributed by atoms with Crippen molar-refractivity contribution >= 4 is 11.9 Å². The maximum Gasteiger partial charge on any atom is 0.308 e. The van der Waals surface area contributed by atoms with Crippen molar-refractivity contribution in [2.24, 2.45) is 23.5 Å². The summed E-state index contributed by atoms with van der Waals surface area (Å²) in [6.45, 7) is 0. The SMILES string of the molecule is NC1(CC(=O)NC2C3CCC(C3)C2C(=O)O)CCCC1. The van der Waals surface area contributed by atoms with Gasteiger partial charge in [-0.25, -0.2) is 0 Å². The van der Waals surface area contributed by atoms with Gasteiger partial charge in [-0.3, -0.25) is 9.59 Å². The van der Waals surface area contributed by atoms with E-state index >= 15 is 0 Å². The smallest absolute Gasteiger partial charge is 0.308 e. The van der Waals surface area contributed by atoms with Crippen LogP contribution in [0.15, 0.2) is 0 Å². The molecular formula is C15H24N2O3. The summed E-state index contributed by atoms with van der Waals surface area (Å²) in [7, 11) is 0. The second kappa shape index (κ2) is 5.02. The minimum Gasteiger partial charge on any atom is -0.481 e. The number of hydrogen-bond donors (Lipinski definition) is 3. The number of amides is 1. The van der Waals surface area contributed by atoms with Gasteiger partial charge in [-0.2, -0.15) is 0 Å². The van der Waals surface area contributed by atoms with Crippen LogP contribution in [0.1, 0.15) is 51.4 Å². The van der Waals surface area contributed by atoms with Gasteiger partial charge >= 0.3 is 5.97 Å². The fourth-order valence-corrected chi connectivity index (χ4v) is 4.67. The molecule has 112 valence electrons. The zero-order chi connectivity index (χ0) is 14.3. The number of carbonyl (C=O) groups is 2. The molecule has 20 heavy (non-hydrogen) atoms. The van der Waals surface area contributed by atoms with Crippen molar-refractivity contribution in [1.82, 2.24) is 5.32 Å². The van der Waals surface area contributed by atoms with Crippen LogP contribution in [0.4, 0.5) is 0 Å². The number of aliphatic carboxylic acids is 1. The van der Waals surface area contributed by atoms with Crippen molar-refractivity contribution in [3.8, 4) is 0 Å². The third kappa shape index (κ3) is 2.43. The third-order valence-corrected chi connectivity index (χ3v) is 5.64. The normalized spacial score (nSPS) is 38.0. The summed E-state index contributed by atoms with van der Waals surface area (Å²) in [4.78, 5) is 23.6. The quantitative estimate of drug-likeness (QED) is 0.723. The second-order valence-electron chi connectivity index (χ2n) is 7.04. The van der Waals surface area contributed by atoms with E-state index in [2.05, 4.69) is 5.32 Å². The molecule has 0 saturated heterocycles. The van der Waals surface area contributed by atoms with Gasteiger partial charge in [-0.15, -0.1) is 0 Å². The van der Waals surface area contributed by atoms with E-state index in [-0.39, 0.29) is 23.4 Å². The van der Waals surface area contributed by atoms with Crippen LogP contribution in [0.3, 0.4) is 0 Å². The molecule has 4 atom stereocenters. The van der Waals surface area contributed by atoms with Crippen LogP contribution in [-0.2, 0) is 9.59 Å². The number of rotatable bonds is 4. The number of carboxylic acids is 1. The predicted octanol–water partition coefficient (Wildman–Crippen LogP) is 1.26. The van der Waals surface area contributed by atoms with E-state index in [1.54, 1.807) is 0 Å². The molecule has 0 spiro atoms. The molecule has 0 radical (unpaired) electrons. The first-order valence-corrected chi connectivity index (χ1v) is 7.80. The Labute approximate surface area is 119 Å². The molecule has 0 aromatic carbocycles. The summed E-state index contributed by atoms with van der Waals surface area (Å²) in [6, 6.07) is -0.177. The molecule has 0 aromatic heterocycles. The highest BCUT2D eigenvalue weighted by atomic mass is 16.4. The maximum absolute atomic E-state index is 12.2. The zero-order valence-corrected chi connectivity index (χ0v) is 11.8. The van der Waals surface area contributed by atoms with E-state index < -0.39 is 11.9 Å². The molecule has 1 amide bonds. The molecule has 0 aliphatic heterocycles. The molecule has 4 unspecified atom stereocenters. The molecule has 3 aliphatic rings.